The van der Waals surface area contributed by atoms with E-state index >= 15 is 0 Å². The zero-order valence-corrected chi connectivity index (χ0v) is 20.2. The molecule has 1 N–H and O–H groups in total. The lowest BCUT2D eigenvalue weighted by Crippen LogP contribution is -2.04. The molecule has 0 radical (unpaired) electrons. The van der Waals surface area contributed by atoms with Crippen LogP contribution in [0, 0.1) is 11.6 Å². The molecule has 0 amide bonds. The lowest BCUT2D eigenvalue weighted by molar-refractivity contribution is 0.0992. The van der Waals surface area contributed by atoms with Crippen LogP contribution in [0.3, 0.4) is 0 Å². The van der Waals surface area contributed by atoms with E-state index in [9.17, 15) is 18.7 Å². The predicted octanol–water partition coefficient (Wildman–Crippen LogP) is 6.37. The van der Waals surface area contributed by atoms with Gasteiger partial charge < -0.3 is 14.6 Å². The molecule has 0 spiro atoms. The van der Waals surface area contributed by atoms with E-state index in [4.69, 9.17) is 9.47 Å². The summed E-state index contributed by atoms with van der Waals surface area (Å²) in [6, 6.07) is 27.7. The van der Waals surface area contributed by atoms with Crippen LogP contribution in [0.1, 0.15) is 33.2 Å². The monoisotopic (exact) mass is 490 g/mol. The van der Waals surface area contributed by atoms with Crippen LogP contribution in [0.4, 0.5) is 8.78 Å². The first kappa shape index (κ1) is 26.6. The summed E-state index contributed by atoms with van der Waals surface area (Å²) in [4.78, 5) is 12.0. The van der Waals surface area contributed by atoms with Crippen molar-refractivity contribution in [3.63, 3.8) is 0 Å². The maximum Gasteiger partial charge on any atom is 0.167 e. The number of carbonyl (C=O) groups is 1. The molecule has 0 aliphatic heterocycles. The van der Waals surface area contributed by atoms with Gasteiger partial charge in [-0.1, -0.05) is 66.7 Å². The molecular formula is C30H28F2O4. The van der Waals surface area contributed by atoms with Crippen LogP contribution < -0.4 is 9.47 Å². The largest absolute Gasteiger partial charge is 0.494 e. The summed E-state index contributed by atoms with van der Waals surface area (Å²) in [6.07, 6.45) is 0.132. The lowest BCUT2D eigenvalue weighted by Gasteiger charge is -2.12. The average Bonchev–Trinajstić information content (AvgIpc) is 2.90. The zero-order chi connectivity index (χ0) is 25.9. The standard InChI is InChI=1S/C15H15FO2.C15H13FO2/c2*1-18-15-10-12(7-8-13(15)16)14(17)9-11-5-3-2-4-6-11/h2-8,10,14,17H,9H2,1H3;2-8,10H,9H2,1H3. The van der Waals surface area contributed by atoms with Crippen LogP contribution in [0.5, 0.6) is 11.5 Å². The number of aliphatic hydroxyl groups is 1. The van der Waals surface area contributed by atoms with Gasteiger partial charge >= 0.3 is 0 Å². The normalized spacial score (nSPS) is 11.1. The summed E-state index contributed by atoms with van der Waals surface area (Å²) < 4.78 is 36.2. The van der Waals surface area contributed by atoms with E-state index in [1.807, 2.05) is 60.7 Å². The Labute approximate surface area is 209 Å². The molecule has 1 unspecified atom stereocenters. The molecule has 1 atom stereocenters. The van der Waals surface area contributed by atoms with Gasteiger partial charge in [0.15, 0.2) is 28.9 Å². The van der Waals surface area contributed by atoms with Gasteiger partial charge in [-0.05, 0) is 47.0 Å². The molecule has 0 aliphatic rings. The molecule has 6 heteroatoms. The van der Waals surface area contributed by atoms with E-state index in [1.54, 1.807) is 6.07 Å². The number of methoxy groups -OCH3 is 2. The molecule has 0 saturated heterocycles. The maximum atomic E-state index is 13.3. The van der Waals surface area contributed by atoms with Crippen molar-refractivity contribution in [3.05, 3.63) is 131 Å². The smallest absolute Gasteiger partial charge is 0.167 e. The van der Waals surface area contributed by atoms with Gasteiger partial charge in [0.2, 0.25) is 0 Å². The quantitative estimate of drug-likeness (QED) is 0.292. The third-order valence-corrected chi connectivity index (χ3v) is 5.51. The number of hydrogen-bond donors (Lipinski definition) is 1. The fraction of sp³-hybridized carbons (Fsp3) is 0.167. The lowest BCUT2D eigenvalue weighted by atomic mass is 10.0. The van der Waals surface area contributed by atoms with Crippen molar-refractivity contribution < 1.29 is 28.2 Å². The fourth-order valence-corrected chi connectivity index (χ4v) is 3.56. The number of carbonyl (C=O) groups excluding carboxylic acids is 1. The van der Waals surface area contributed by atoms with Gasteiger partial charge in [0, 0.05) is 18.4 Å². The first-order chi connectivity index (χ1) is 17.4. The second kappa shape index (κ2) is 13.2. The van der Waals surface area contributed by atoms with Gasteiger partial charge in [0.25, 0.3) is 0 Å². The molecule has 0 saturated carbocycles. The van der Waals surface area contributed by atoms with E-state index in [0.717, 1.165) is 11.1 Å². The highest BCUT2D eigenvalue weighted by molar-refractivity contribution is 5.97. The Balaban J connectivity index is 0.000000201. The summed E-state index contributed by atoms with van der Waals surface area (Å²) in [5.74, 6) is -0.699. The Bertz CT molecular complexity index is 1260. The summed E-state index contributed by atoms with van der Waals surface area (Å²) >= 11 is 0. The Kier molecular flexibility index (Phi) is 9.72. The topological polar surface area (TPSA) is 55.8 Å². The van der Waals surface area contributed by atoms with Crippen molar-refractivity contribution in [3.8, 4) is 11.5 Å². The molecule has 36 heavy (non-hydrogen) atoms. The number of rotatable bonds is 8. The molecule has 0 aromatic heterocycles. The van der Waals surface area contributed by atoms with Crippen LogP contribution >= 0.6 is 0 Å². The minimum Gasteiger partial charge on any atom is -0.494 e. The molecule has 186 valence electrons. The Morgan fingerprint density at radius 1 is 0.750 bits per heavy atom. The summed E-state index contributed by atoms with van der Waals surface area (Å²) in [6.45, 7) is 0. The molecule has 4 nitrogen and oxygen atoms in total. The second-order valence-electron chi connectivity index (χ2n) is 8.03. The van der Waals surface area contributed by atoms with E-state index in [2.05, 4.69) is 0 Å². The second-order valence-corrected chi connectivity index (χ2v) is 8.03. The van der Waals surface area contributed by atoms with Crippen molar-refractivity contribution in [2.45, 2.75) is 18.9 Å². The molecule has 0 bridgehead atoms. The Morgan fingerprint density at radius 2 is 1.28 bits per heavy atom. The van der Waals surface area contributed by atoms with Crippen LogP contribution in [0.2, 0.25) is 0 Å². The van der Waals surface area contributed by atoms with Crippen molar-refractivity contribution in [2.75, 3.05) is 14.2 Å². The number of ether oxygens (including phenoxy) is 2. The Hall–Kier alpha value is -4.03. The molecule has 4 rings (SSSR count). The molecule has 4 aromatic rings. The van der Waals surface area contributed by atoms with Crippen molar-refractivity contribution >= 4 is 5.78 Å². The Morgan fingerprint density at radius 3 is 1.86 bits per heavy atom. The number of benzene rings is 4. The number of hydrogen-bond acceptors (Lipinski definition) is 4. The first-order valence-corrected chi connectivity index (χ1v) is 11.4. The maximum absolute atomic E-state index is 13.3. The third kappa shape index (κ3) is 7.48. The summed E-state index contributed by atoms with van der Waals surface area (Å²) in [5.41, 5.74) is 3.08. The highest BCUT2D eigenvalue weighted by Gasteiger charge is 2.12. The van der Waals surface area contributed by atoms with E-state index < -0.39 is 17.7 Å². The van der Waals surface area contributed by atoms with Crippen molar-refractivity contribution in [2.24, 2.45) is 0 Å². The van der Waals surface area contributed by atoms with Gasteiger partial charge in [0.05, 0.1) is 20.3 Å². The van der Waals surface area contributed by atoms with E-state index in [0.29, 0.717) is 24.0 Å². The minimum atomic E-state index is -0.665. The van der Waals surface area contributed by atoms with Crippen molar-refractivity contribution in [1.82, 2.24) is 0 Å². The SMILES string of the molecule is COc1cc(C(=O)Cc2ccccc2)ccc1F.COc1cc(C(O)Cc2ccccc2)ccc1F. The molecule has 0 fully saturated rings. The summed E-state index contributed by atoms with van der Waals surface area (Å²) in [7, 11) is 2.79. The average molecular weight is 491 g/mol. The fourth-order valence-electron chi connectivity index (χ4n) is 3.56. The van der Waals surface area contributed by atoms with Crippen LogP contribution in [0.25, 0.3) is 0 Å². The van der Waals surface area contributed by atoms with Crippen LogP contribution in [0.15, 0.2) is 97.1 Å². The highest BCUT2D eigenvalue weighted by Crippen LogP contribution is 2.25. The summed E-state index contributed by atoms with van der Waals surface area (Å²) in [5, 5.41) is 10.1. The van der Waals surface area contributed by atoms with Gasteiger partial charge in [-0.25, -0.2) is 8.78 Å². The van der Waals surface area contributed by atoms with Crippen LogP contribution in [-0.2, 0) is 12.8 Å². The number of Topliss-reactive ketones (excluding diaryl/α,β-unsaturated/α-hetero) is 1. The third-order valence-electron chi connectivity index (χ3n) is 5.51. The van der Waals surface area contributed by atoms with E-state index in [1.165, 1.54) is 44.6 Å². The molecule has 0 aliphatic carbocycles. The first-order valence-electron chi connectivity index (χ1n) is 11.4. The van der Waals surface area contributed by atoms with Gasteiger partial charge in [-0.3, -0.25) is 4.79 Å². The van der Waals surface area contributed by atoms with Gasteiger partial charge in [-0.15, -0.1) is 0 Å². The molecular weight excluding hydrogens is 462 g/mol. The molecule has 4 aromatic carbocycles. The van der Waals surface area contributed by atoms with Gasteiger partial charge in [-0.2, -0.15) is 0 Å². The number of halogens is 2. The number of ketones is 1. The highest BCUT2D eigenvalue weighted by atomic mass is 19.1. The molecule has 0 heterocycles. The van der Waals surface area contributed by atoms with Crippen molar-refractivity contribution in [1.29, 1.82) is 0 Å². The van der Waals surface area contributed by atoms with Crippen LogP contribution in [-0.4, -0.2) is 25.1 Å². The van der Waals surface area contributed by atoms with E-state index in [-0.39, 0.29) is 17.3 Å². The zero-order valence-electron chi connectivity index (χ0n) is 20.2. The minimum absolute atomic E-state index is 0.0560. The predicted molar refractivity (Wildman–Crippen MR) is 135 cm³/mol. The van der Waals surface area contributed by atoms with Gasteiger partial charge in [0.1, 0.15) is 0 Å². The number of aliphatic hydroxyl groups excluding tert-OH is 1.